The number of pyridine rings is 1. The molecule has 0 bridgehead atoms. The van der Waals surface area contributed by atoms with E-state index < -0.39 is 22.5 Å². The fraction of sp³-hybridized carbons (Fsp3) is 0.382. The lowest BCUT2D eigenvalue weighted by Gasteiger charge is -2.27. The van der Waals surface area contributed by atoms with Crippen LogP contribution in [0.4, 0.5) is 5.69 Å². The smallest absolute Gasteiger partial charge is 0.297 e. The van der Waals surface area contributed by atoms with Crippen LogP contribution in [0.2, 0.25) is 0 Å². The molecule has 2 heterocycles. The molecule has 0 amide bonds. The molecule has 4 aromatic rings. The molecule has 5 rings (SSSR count). The van der Waals surface area contributed by atoms with Crippen LogP contribution < -0.4 is 9.64 Å². The molecular weight excluding hydrogens is 564 g/mol. The Morgan fingerprint density at radius 1 is 0.930 bits per heavy atom. The molecule has 1 aliphatic rings. The molecule has 228 valence electrons. The molecule has 0 saturated carbocycles. The second-order valence-corrected chi connectivity index (χ2v) is 12.3. The van der Waals surface area contributed by atoms with Gasteiger partial charge in [0.15, 0.2) is 6.29 Å². The lowest BCUT2D eigenvalue weighted by Crippen LogP contribution is -2.35. The normalized spacial score (nSPS) is 16.2. The Kier molecular flexibility index (Phi) is 10.3. The number of ether oxygens (including phenoxy) is 3. The maximum absolute atomic E-state index is 12.8. The first-order valence-corrected chi connectivity index (χ1v) is 16.4. The van der Waals surface area contributed by atoms with E-state index in [-0.39, 0.29) is 18.1 Å². The Bertz CT molecular complexity index is 1580. The van der Waals surface area contributed by atoms with Crippen molar-refractivity contribution < 1.29 is 26.8 Å². The Morgan fingerprint density at radius 2 is 1.70 bits per heavy atom. The van der Waals surface area contributed by atoms with Crippen LogP contribution in [0.1, 0.15) is 38.7 Å². The number of anilines is 1. The van der Waals surface area contributed by atoms with E-state index in [1.807, 2.05) is 37.3 Å². The van der Waals surface area contributed by atoms with E-state index in [0.717, 1.165) is 60.1 Å². The van der Waals surface area contributed by atoms with Crippen molar-refractivity contribution in [2.24, 2.45) is 0 Å². The van der Waals surface area contributed by atoms with Gasteiger partial charge in [-0.2, -0.15) is 8.42 Å². The molecule has 1 fully saturated rings. The zero-order chi connectivity index (χ0) is 30.2. The number of nitrogens with zero attached hydrogens (tertiary/aromatic N) is 2. The largest absolute Gasteiger partial charge is 0.491 e. The monoisotopic (exact) mass is 604 g/mol. The van der Waals surface area contributed by atoms with Gasteiger partial charge in [0, 0.05) is 36.3 Å². The van der Waals surface area contributed by atoms with Crippen molar-refractivity contribution in [3.8, 4) is 17.0 Å². The predicted octanol–water partition coefficient (Wildman–Crippen LogP) is 6.75. The van der Waals surface area contributed by atoms with Crippen LogP contribution in [0, 0.1) is 6.92 Å². The Morgan fingerprint density at radius 3 is 2.40 bits per heavy atom. The van der Waals surface area contributed by atoms with Crippen molar-refractivity contribution in [1.82, 2.24) is 4.98 Å². The summed E-state index contributed by atoms with van der Waals surface area (Å²) in [7, 11) is -3.95. The molecule has 0 radical (unpaired) electrons. The summed E-state index contributed by atoms with van der Waals surface area (Å²) >= 11 is 0. The van der Waals surface area contributed by atoms with Gasteiger partial charge >= 0.3 is 0 Å². The Hall–Kier alpha value is -3.50. The number of rotatable bonds is 13. The van der Waals surface area contributed by atoms with Gasteiger partial charge in [0.25, 0.3) is 10.1 Å². The van der Waals surface area contributed by atoms with Crippen LogP contribution in [0.5, 0.6) is 5.75 Å². The summed E-state index contributed by atoms with van der Waals surface area (Å²) in [5.41, 5.74) is 4.98. The summed E-state index contributed by atoms with van der Waals surface area (Å²) < 4.78 is 48.9. The maximum atomic E-state index is 12.8. The topological polar surface area (TPSA) is 87.2 Å². The van der Waals surface area contributed by atoms with Gasteiger partial charge in [0.2, 0.25) is 0 Å². The highest BCUT2D eigenvalue weighted by Gasteiger charge is 2.24. The first-order chi connectivity index (χ1) is 20.8. The van der Waals surface area contributed by atoms with Crippen molar-refractivity contribution in [1.29, 1.82) is 0 Å². The van der Waals surface area contributed by atoms with Crippen LogP contribution in [0.3, 0.4) is 0 Å². The second kappa shape index (κ2) is 14.3. The van der Waals surface area contributed by atoms with Crippen molar-refractivity contribution in [2.75, 3.05) is 37.8 Å². The summed E-state index contributed by atoms with van der Waals surface area (Å²) in [6.45, 7) is 8.66. The third kappa shape index (κ3) is 8.12. The Labute approximate surface area is 254 Å². The number of benzene rings is 3. The highest BCUT2D eigenvalue weighted by Crippen LogP contribution is 2.27. The SMILES string of the molecule is CCN(CC)c1ccc(-c2ccc3cc(OCC(COS(=O)(=O)c4ccc(C)cc4)OC4CCCCO4)ccc3n2)cc1. The van der Waals surface area contributed by atoms with Gasteiger partial charge in [-0.1, -0.05) is 35.9 Å². The Balaban J connectivity index is 1.26. The van der Waals surface area contributed by atoms with Gasteiger partial charge in [-0.25, -0.2) is 4.98 Å². The van der Waals surface area contributed by atoms with Crippen LogP contribution in [-0.2, 0) is 23.8 Å². The van der Waals surface area contributed by atoms with Gasteiger partial charge in [-0.3, -0.25) is 4.18 Å². The minimum Gasteiger partial charge on any atom is -0.491 e. The lowest BCUT2D eigenvalue weighted by molar-refractivity contribution is -0.198. The van der Waals surface area contributed by atoms with E-state index in [1.165, 1.54) is 17.8 Å². The van der Waals surface area contributed by atoms with Gasteiger partial charge < -0.3 is 19.1 Å². The molecule has 2 unspecified atom stereocenters. The molecule has 2 atom stereocenters. The molecule has 8 nitrogen and oxygen atoms in total. The van der Waals surface area contributed by atoms with E-state index in [1.54, 1.807) is 12.1 Å². The lowest BCUT2D eigenvalue weighted by atomic mass is 10.1. The fourth-order valence-electron chi connectivity index (χ4n) is 5.07. The van der Waals surface area contributed by atoms with Crippen molar-refractivity contribution in [2.45, 2.75) is 57.3 Å². The molecule has 43 heavy (non-hydrogen) atoms. The summed E-state index contributed by atoms with van der Waals surface area (Å²) in [5.74, 6) is 0.630. The molecule has 3 aromatic carbocycles. The molecule has 1 aromatic heterocycles. The molecule has 0 N–H and O–H groups in total. The third-order valence-corrected chi connectivity index (χ3v) is 8.88. The minimum absolute atomic E-state index is 0.0964. The average Bonchev–Trinajstić information content (AvgIpc) is 3.03. The summed E-state index contributed by atoms with van der Waals surface area (Å²) in [6, 6.07) is 24.8. The first kappa shape index (κ1) is 30.9. The number of hydrogen-bond donors (Lipinski definition) is 0. The molecular formula is C34H40N2O6S. The standard InChI is InChI=1S/C34H40N2O6S/c1-4-36(5-2)28-14-11-26(12-15-28)32-19-13-27-22-29(16-20-33(27)35-32)40-23-30(42-34-8-6-7-21-39-34)24-41-43(37,38)31-17-9-25(3)10-18-31/h9-20,22,30,34H,4-8,21,23-24H2,1-3H3. The van der Waals surface area contributed by atoms with Crippen molar-refractivity contribution in [3.63, 3.8) is 0 Å². The van der Waals surface area contributed by atoms with Crippen LogP contribution in [0.15, 0.2) is 83.8 Å². The molecule has 9 heteroatoms. The maximum Gasteiger partial charge on any atom is 0.297 e. The summed E-state index contributed by atoms with van der Waals surface area (Å²) in [6.07, 6.45) is 1.63. The van der Waals surface area contributed by atoms with E-state index in [4.69, 9.17) is 23.4 Å². The van der Waals surface area contributed by atoms with Gasteiger partial charge in [-0.15, -0.1) is 0 Å². The number of fused-ring (bicyclic) bond motifs is 1. The van der Waals surface area contributed by atoms with E-state index in [0.29, 0.717) is 12.4 Å². The molecule has 1 saturated heterocycles. The van der Waals surface area contributed by atoms with Crippen molar-refractivity contribution >= 4 is 26.7 Å². The van der Waals surface area contributed by atoms with Crippen molar-refractivity contribution in [3.05, 3.63) is 84.4 Å². The van der Waals surface area contributed by atoms with Crippen LogP contribution >= 0.6 is 0 Å². The highest BCUT2D eigenvalue weighted by atomic mass is 32.2. The first-order valence-electron chi connectivity index (χ1n) is 15.0. The fourth-order valence-corrected chi connectivity index (χ4v) is 6.01. The molecule has 0 spiro atoms. The second-order valence-electron chi connectivity index (χ2n) is 10.7. The van der Waals surface area contributed by atoms with Crippen LogP contribution in [0.25, 0.3) is 22.2 Å². The third-order valence-electron chi connectivity index (χ3n) is 7.59. The average molecular weight is 605 g/mol. The summed E-state index contributed by atoms with van der Waals surface area (Å²) in [5, 5.41) is 0.937. The molecule has 1 aliphatic heterocycles. The number of hydrogen-bond acceptors (Lipinski definition) is 8. The number of aromatic nitrogens is 1. The minimum atomic E-state index is -3.95. The zero-order valence-corrected chi connectivity index (χ0v) is 25.9. The predicted molar refractivity (Wildman–Crippen MR) is 169 cm³/mol. The molecule has 0 aliphatic carbocycles. The zero-order valence-electron chi connectivity index (χ0n) is 25.1. The van der Waals surface area contributed by atoms with Gasteiger partial charge in [0.1, 0.15) is 18.5 Å². The number of aryl methyl sites for hydroxylation is 1. The summed E-state index contributed by atoms with van der Waals surface area (Å²) in [4.78, 5) is 7.28. The highest BCUT2D eigenvalue weighted by molar-refractivity contribution is 7.86. The van der Waals surface area contributed by atoms with E-state index in [9.17, 15) is 8.42 Å². The van der Waals surface area contributed by atoms with Crippen LogP contribution in [-0.4, -0.2) is 58.7 Å². The van der Waals surface area contributed by atoms with E-state index >= 15 is 0 Å². The quantitative estimate of drug-likeness (QED) is 0.155. The van der Waals surface area contributed by atoms with Gasteiger partial charge in [0.05, 0.1) is 22.7 Å². The van der Waals surface area contributed by atoms with E-state index in [2.05, 4.69) is 43.0 Å². The van der Waals surface area contributed by atoms with Gasteiger partial charge in [-0.05, 0) is 88.6 Å².